The maximum atomic E-state index is 13.2. The summed E-state index contributed by atoms with van der Waals surface area (Å²) in [6, 6.07) is 13.2. The Morgan fingerprint density at radius 2 is 2.00 bits per heavy atom. The fourth-order valence-electron chi connectivity index (χ4n) is 3.66. The molecule has 0 unspecified atom stereocenters. The van der Waals surface area contributed by atoms with Crippen molar-refractivity contribution in [1.29, 1.82) is 0 Å². The van der Waals surface area contributed by atoms with Gasteiger partial charge in [0.15, 0.2) is 0 Å². The van der Waals surface area contributed by atoms with Crippen LogP contribution in [0.1, 0.15) is 11.9 Å². The molecular weight excluding hydrogens is 456 g/mol. The molecule has 0 saturated heterocycles. The van der Waals surface area contributed by atoms with E-state index in [0.717, 1.165) is 32.1 Å². The van der Waals surface area contributed by atoms with E-state index in [-0.39, 0.29) is 18.0 Å². The lowest BCUT2D eigenvalue weighted by Gasteiger charge is -2.08. The lowest BCUT2D eigenvalue weighted by atomic mass is 10.1. The molecule has 0 bridgehead atoms. The number of amides is 1. The molecule has 9 heteroatoms. The normalized spacial score (nSPS) is 11.2. The van der Waals surface area contributed by atoms with Crippen molar-refractivity contribution in [2.24, 2.45) is 0 Å². The van der Waals surface area contributed by atoms with E-state index in [1.54, 1.807) is 11.3 Å². The van der Waals surface area contributed by atoms with Gasteiger partial charge in [-0.3, -0.25) is 14.2 Å². The largest absolute Gasteiger partial charge is 0.494 e. The maximum Gasteiger partial charge on any atom is 0.263 e. The minimum absolute atomic E-state index is 0.125. The second-order valence-electron chi connectivity index (χ2n) is 7.43. The number of nitrogens with zero attached hydrogens (tertiary/aromatic N) is 3. The van der Waals surface area contributed by atoms with E-state index in [2.05, 4.69) is 15.3 Å². The highest BCUT2D eigenvalue weighted by Gasteiger charge is 2.15. The summed E-state index contributed by atoms with van der Waals surface area (Å²) in [5.41, 5.74) is 3.04. The van der Waals surface area contributed by atoms with E-state index in [4.69, 9.17) is 4.74 Å². The van der Waals surface area contributed by atoms with Crippen LogP contribution in [0.15, 0.2) is 59.0 Å². The van der Waals surface area contributed by atoms with Crippen LogP contribution in [0.2, 0.25) is 0 Å². The first-order valence-corrected chi connectivity index (χ1v) is 12.1. The number of anilines is 1. The van der Waals surface area contributed by atoms with Gasteiger partial charge >= 0.3 is 0 Å². The predicted molar refractivity (Wildman–Crippen MR) is 133 cm³/mol. The molecule has 3 heterocycles. The number of hydrogen-bond acceptors (Lipinski definition) is 7. The molecule has 1 amide bonds. The van der Waals surface area contributed by atoms with Crippen LogP contribution in [0.3, 0.4) is 0 Å². The Morgan fingerprint density at radius 3 is 2.79 bits per heavy atom. The van der Waals surface area contributed by atoms with Gasteiger partial charge in [0, 0.05) is 16.6 Å². The zero-order chi connectivity index (χ0) is 22.9. The lowest BCUT2D eigenvalue weighted by molar-refractivity contribution is -0.116. The van der Waals surface area contributed by atoms with E-state index >= 15 is 0 Å². The lowest BCUT2D eigenvalue weighted by Crippen LogP contribution is -2.27. The molecule has 0 aliphatic rings. The zero-order valence-electron chi connectivity index (χ0n) is 18.0. The number of carbonyl (C=O) groups is 1. The Hall–Kier alpha value is -3.56. The molecule has 33 heavy (non-hydrogen) atoms. The molecule has 3 aromatic heterocycles. The molecule has 1 N–H and O–H groups in total. The van der Waals surface area contributed by atoms with Crippen LogP contribution >= 0.6 is 22.7 Å². The van der Waals surface area contributed by atoms with Crippen molar-refractivity contribution in [3.05, 3.63) is 69.5 Å². The number of thiazole rings is 1. The Morgan fingerprint density at radius 1 is 1.18 bits per heavy atom. The van der Waals surface area contributed by atoms with Crippen LogP contribution in [0.5, 0.6) is 5.75 Å². The molecule has 0 saturated carbocycles. The van der Waals surface area contributed by atoms with E-state index in [1.807, 2.05) is 61.7 Å². The number of hydrogen-bond donors (Lipinski definition) is 1. The summed E-state index contributed by atoms with van der Waals surface area (Å²) in [4.78, 5) is 35.4. The fraction of sp³-hybridized carbons (Fsp3) is 0.167. The van der Waals surface area contributed by atoms with Crippen molar-refractivity contribution in [3.8, 4) is 16.9 Å². The summed E-state index contributed by atoms with van der Waals surface area (Å²) in [6.45, 7) is 4.35. The van der Waals surface area contributed by atoms with Crippen molar-refractivity contribution in [2.75, 3.05) is 11.9 Å². The third-order valence-corrected chi connectivity index (χ3v) is 6.95. The van der Waals surface area contributed by atoms with Gasteiger partial charge in [0.05, 0.1) is 33.5 Å². The molecule has 0 aliphatic carbocycles. The van der Waals surface area contributed by atoms with Gasteiger partial charge in [0.2, 0.25) is 5.91 Å². The van der Waals surface area contributed by atoms with Crippen molar-refractivity contribution in [1.82, 2.24) is 14.5 Å². The molecule has 0 radical (unpaired) electrons. The number of ether oxygens (including phenoxy) is 1. The minimum atomic E-state index is -0.295. The Labute approximate surface area is 197 Å². The van der Waals surface area contributed by atoms with Crippen LogP contribution < -0.4 is 15.6 Å². The van der Waals surface area contributed by atoms with E-state index < -0.39 is 0 Å². The molecule has 5 rings (SSSR count). The monoisotopic (exact) mass is 476 g/mol. The van der Waals surface area contributed by atoms with Crippen molar-refractivity contribution < 1.29 is 9.53 Å². The van der Waals surface area contributed by atoms with Crippen LogP contribution in [0.4, 0.5) is 5.69 Å². The number of thiophene rings is 1. The van der Waals surface area contributed by atoms with E-state index in [0.29, 0.717) is 22.5 Å². The van der Waals surface area contributed by atoms with Gasteiger partial charge in [-0.25, -0.2) is 9.97 Å². The highest BCUT2D eigenvalue weighted by Crippen LogP contribution is 2.31. The van der Waals surface area contributed by atoms with Gasteiger partial charge in [-0.1, -0.05) is 12.1 Å². The second-order valence-corrected chi connectivity index (χ2v) is 9.52. The summed E-state index contributed by atoms with van der Waals surface area (Å²) >= 11 is 2.98. The molecule has 7 nitrogen and oxygen atoms in total. The Balaban J connectivity index is 1.41. The van der Waals surface area contributed by atoms with Gasteiger partial charge in [-0.2, -0.15) is 0 Å². The smallest absolute Gasteiger partial charge is 0.263 e. The van der Waals surface area contributed by atoms with Gasteiger partial charge in [-0.05, 0) is 49.7 Å². The maximum absolute atomic E-state index is 13.2. The van der Waals surface area contributed by atoms with Crippen LogP contribution in [-0.4, -0.2) is 27.0 Å². The van der Waals surface area contributed by atoms with Crippen molar-refractivity contribution >= 4 is 54.7 Å². The average Bonchev–Trinajstić information content (AvgIpc) is 3.39. The average molecular weight is 477 g/mol. The quantitative estimate of drug-likeness (QED) is 0.369. The third-order valence-electron chi connectivity index (χ3n) is 5.13. The number of benzene rings is 2. The number of rotatable bonds is 6. The summed E-state index contributed by atoms with van der Waals surface area (Å²) in [5.74, 6) is 0.483. The molecule has 5 aromatic rings. The van der Waals surface area contributed by atoms with E-state index in [9.17, 15) is 9.59 Å². The highest BCUT2D eigenvalue weighted by atomic mass is 32.1. The first kappa shape index (κ1) is 21.3. The van der Waals surface area contributed by atoms with Crippen molar-refractivity contribution in [2.45, 2.75) is 20.4 Å². The topological polar surface area (TPSA) is 86.1 Å². The summed E-state index contributed by atoms with van der Waals surface area (Å²) in [7, 11) is 0. The van der Waals surface area contributed by atoms with Gasteiger partial charge in [0.1, 0.15) is 17.1 Å². The van der Waals surface area contributed by atoms with Gasteiger partial charge in [0.25, 0.3) is 5.56 Å². The fourth-order valence-corrected chi connectivity index (χ4v) is 5.44. The summed E-state index contributed by atoms with van der Waals surface area (Å²) in [5, 5.41) is 6.27. The highest BCUT2D eigenvalue weighted by molar-refractivity contribution is 7.18. The van der Waals surface area contributed by atoms with Gasteiger partial charge < -0.3 is 10.1 Å². The number of carbonyl (C=O) groups excluding carboxylic acids is 1. The zero-order valence-corrected chi connectivity index (χ0v) is 19.6. The van der Waals surface area contributed by atoms with Crippen molar-refractivity contribution in [3.63, 3.8) is 0 Å². The number of nitrogens with one attached hydrogen (secondary N) is 1. The molecule has 0 aliphatic heterocycles. The first-order valence-electron chi connectivity index (χ1n) is 10.4. The predicted octanol–water partition coefficient (Wildman–Crippen LogP) is 5.08. The number of fused-ring (bicyclic) bond motifs is 2. The standard InChI is InChI=1S/C24H20N4O3S2/c1-3-31-17-7-4-15(5-8-17)18-12-32-23-22(18)24(30)28(13-25-23)11-21(29)27-16-6-9-19-20(10-16)33-14(2)26-19/h4-10,12-13H,3,11H2,1-2H3,(H,27,29). The first-order chi connectivity index (χ1) is 16.0. The Kier molecular flexibility index (Phi) is 5.65. The molecular formula is C24H20N4O3S2. The Bertz CT molecular complexity index is 1530. The minimum Gasteiger partial charge on any atom is -0.494 e. The van der Waals surface area contributed by atoms with Crippen LogP contribution in [0, 0.1) is 6.92 Å². The van der Waals surface area contributed by atoms with E-state index in [1.165, 1.54) is 22.2 Å². The molecule has 2 aromatic carbocycles. The van der Waals surface area contributed by atoms with Gasteiger partial charge in [-0.15, -0.1) is 22.7 Å². The molecule has 0 spiro atoms. The summed E-state index contributed by atoms with van der Waals surface area (Å²) < 4.78 is 7.85. The number of aromatic nitrogens is 3. The molecule has 166 valence electrons. The van der Waals surface area contributed by atoms with Crippen LogP contribution in [-0.2, 0) is 11.3 Å². The second kappa shape index (κ2) is 8.76. The van der Waals surface area contributed by atoms with Crippen LogP contribution in [0.25, 0.3) is 31.6 Å². The molecule has 0 atom stereocenters. The number of aryl methyl sites for hydroxylation is 1. The molecule has 0 fully saturated rings. The summed E-state index contributed by atoms with van der Waals surface area (Å²) in [6.07, 6.45) is 1.43. The SMILES string of the molecule is CCOc1ccc(-c2csc3ncn(CC(=O)Nc4ccc5nc(C)sc5c4)c(=O)c23)cc1. The third kappa shape index (κ3) is 4.24.